The van der Waals surface area contributed by atoms with Gasteiger partial charge in [0, 0.05) is 18.2 Å². The van der Waals surface area contributed by atoms with E-state index < -0.39 is 0 Å². The molecule has 0 aromatic heterocycles. The number of nitrogens with one attached hydrogen (secondary N) is 1. The SMILES string of the molecule is C#CCOc1ccccc1CN(C)[C@@H](C)C(=O)NC(C)C. The molecule has 1 atom stereocenters. The zero-order chi connectivity index (χ0) is 15.8. The maximum Gasteiger partial charge on any atom is 0.237 e. The molecule has 0 saturated carbocycles. The first kappa shape index (κ1) is 17.1. The minimum Gasteiger partial charge on any atom is -0.481 e. The Morgan fingerprint density at radius 1 is 1.38 bits per heavy atom. The lowest BCUT2D eigenvalue weighted by Crippen LogP contribution is -2.45. The Morgan fingerprint density at radius 3 is 2.67 bits per heavy atom. The molecule has 4 heteroatoms. The van der Waals surface area contributed by atoms with Gasteiger partial charge in [-0.15, -0.1) is 6.42 Å². The van der Waals surface area contributed by atoms with Crippen molar-refractivity contribution in [3.63, 3.8) is 0 Å². The van der Waals surface area contributed by atoms with E-state index in [2.05, 4.69) is 11.2 Å². The van der Waals surface area contributed by atoms with E-state index in [1.165, 1.54) is 0 Å². The average molecular weight is 288 g/mol. The highest BCUT2D eigenvalue weighted by atomic mass is 16.5. The highest BCUT2D eigenvalue weighted by molar-refractivity contribution is 5.81. The van der Waals surface area contributed by atoms with Gasteiger partial charge in [0.15, 0.2) is 0 Å². The minimum absolute atomic E-state index is 0.0227. The van der Waals surface area contributed by atoms with Crippen molar-refractivity contribution in [3.8, 4) is 18.1 Å². The third-order valence-electron chi connectivity index (χ3n) is 3.17. The fourth-order valence-corrected chi connectivity index (χ4v) is 1.91. The number of carbonyl (C=O) groups is 1. The van der Waals surface area contributed by atoms with Gasteiger partial charge in [-0.1, -0.05) is 24.1 Å². The number of hydrogen-bond donors (Lipinski definition) is 1. The molecule has 1 amide bonds. The van der Waals surface area contributed by atoms with E-state index in [1.54, 1.807) is 0 Å². The predicted octanol–water partition coefficient (Wildman–Crippen LogP) is 2.04. The number of amides is 1. The molecular formula is C17H24N2O2. The van der Waals surface area contributed by atoms with Crippen LogP contribution in [0.25, 0.3) is 0 Å². The minimum atomic E-state index is -0.215. The number of hydrogen-bond acceptors (Lipinski definition) is 3. The lowest BCUT2D eigenvalue weighted by atomic mass is 10.1. The van der Waals surface area contributed by atoms with Crippen LogP contribution in [0, 0.1) is 12.3 Å². The number of ether oxygens (including phenoxy) is 1. The van der Waals surface area contributed by atoms with Crippen LogP contribution in [-0.2, 0) is 11.3 Å². The third kappa shape index (κ3) is 5.49. The molecule has 0 fully saturated rings. The summed E-state index contributed by atoms with van der Waals surface area (Å²) in [4.78, 5) is 14.0. The molecule has 4 nitrogen and oxygen atoms in total. The predicted molar refractivity (Wildman–Crippen MR) is 85.0 cm³/mol. The van der Waals surface area contributed by atoms with Crippen molar-refractivity contribution in [2.24, 2.45) is 0 Å². The van der Waals surface area contributed by atoms with Crippen LogP contribution in [0.4, 0.5) is 0 Å². The normalized spacial score (nSPS) is 12.0. The number of terminal acetylenes is 1. The molecule has 0 heterocycles. The van der Waals surface area contributed by atoms with Crippen LogP contribution >= 0.6 is 0 Å². The van der Waals surface area contributed by atoms with Crippen LogP contribution < -0.4 is 10.1 Å². The molecule has 0 aliphatic heterocycles. The maximum atomic E-state index is 12.0. The summed E-state index contributed by atoms with van der Waals surface area (Å²) in [5, 5.41) is 2.92. The second-order valence-corrected chi connectivity index (χ2v) is 5.35. The summed E-state index contributed by atoms with van der Waals surface area (Å²) in [6.45, 7) is 6.65. The van der Waals surface area contributed by atoms with Crippen LogP contribution in [0.2, 0.25) is 0 Å². The van der Waals surface area contributed by atoms with Gasteiger partial charge in [-0.25, -0.2) is 0 Å². The van der Waals surface area contributed by atoms with Crippen molar-refractivity contribution in [2.75, 3.05) is 13.7 Å². The summed E-state index contributed by atoms with van der Waals surface area (Å²) < 4.78 is 5.53. The molecule has 0 saturated heterocycles. The highest BCUT2D eigenvalue weighted by Crippen LogP contribution is 2.20. The van der Waals surface area contributed by atoms with Crippen molar-refractivity contribution in [3.05, 3.63) is 29.8 Å². The zero-order valence-corrected chi connectivity index (χ0v) is 13.2. The Morgan fingerprint density at radius 2 is 2.05 bits per heavy atom. The molecule has 1 N–H and O–H groups in total. The lowest BCUT2D eigenvalue weighted by molar-refractivity contribution is -0.126. The molecule has 1 rings (SSSR count). The van der Waals surface area contributed by atoms with Gasteiger partial charge in [0.1, 0.15) is 12.4 Å². The van der Waals surface area contributed by atoms with Crippen LogP contribution in [0.5, 0.6) is 5.75 Å². The number of benzene rings is 1. The van der Waals surface area contributed by atoms with Gasteiger partial charge in [0.2, 0.25) is 5.91 Å². The fraction of sp³-hybridized carbons (Fsp3) is 0.471. The molecule has 0 bridgehead atoms. The number of nitrogens with zero attached hydrogens (tertiary/aromatic N) is 1. The van der Waals surface area contributed by atoms with E-state index in [9.17, 15) is 4.79 Å². The summed E-state index contributed by atoms with van der Waals surface area (Å²) in [6.07, 6.45) is 5.22. The molecular weight excluding hydrogens is 264 g/mol. The summed E-state index contributed by atoms with van der Waals surface area (Å²) in [5.41, 5.74) is 1.01. The van der Waals surface area contributed by atoms with Crippen molar-refractivity contribution in [1.29, 1.82) is 0 Å². The van der Waals surface area contributed by atoms with Crippen LogP contribution in [-0.4, -0.2) is 36.5 Å². The van der Waals surface area contributed by atoms with Gasteiger partial charge in [0.25, 0.3) is 0 Å². The van der Waals surface area contributed by atoms with E-state index in [0.29, 0.717) is 6.54 Å². The fourth-order valence-electron chi connectivity index (χ4n) is 1.91. The Balaban J connectivity index is 2.72. The van der Waals surface area contributed by atoms with E-state index in [-0.39, 0.29) is 24.6 Å². The van der Waals surface area contributed by atoms with Gasteiger partial charge in [0.05, 0.1) is 6.04 Å². The van der Waals surface area contributed by atoms with Crippen LogP contribution in [0.15, 0.2) is 24.3 Å². The van der Waals surface area contributed by atoms with E-state index in [1.807, 2.05) is 57.0 Å². The van der Waals surface area contributed by atoms with E-state index >= 15 is 0 Å². The Hall–Kier alpha value is -1.99. The lowest BCUT2D eigenvalue weighted by Gasteiger charge is -2.25. The van der Waals surface area contributed by atoms with E-state index in [4.69, 9.17) is 11.2 Å². The second kappa shape index (κ2) is 8.33. The molecule has 1 aromatic carbocycles. The van der Waals surface area contributed by atoms with Crippen molar-refractivity contribution in [2.45, 2.75) is 39.4 Å². The van der Waals surface area contributed by atoms with E-state index in [0.717, 1.165) is 11.3 Å². The standard InChI is InChI=1S/C17H24N2O2/c1-6-11-21-16-10-8-7-9-15(16)12-19(5)14(4)17(20)18-13(2)3/h1,7-10,13-14H,11-12H2,2-5H3,(H,18,20)/t14-/m0/s1. The topological polar surface area (TPSA) is 41.6 Å². The first-order chi connectivity index (χ1) is 9.95. The molecule has 0 spiro atoms. The highest BCUT2D eigenvalue weighted by Gasteiger charge is 2.19. The Labute approximate surface area is 127 Å². The molecule has 21 heavy (non-hydrogen) atoms. The molecule has 0 radical (unpaired) electrons. The smallest absolute Gasteiger partial charge is 0.237 e. The number of para-hydroxylation sites is 1. The summed E-state index contributed by atoms with van der Waals surface area (Å²) in [7, 11) is 1.92. The van der Waals surface area contributed by atoms with Crippen LogP contribution in [0.3, 0.4) is 0 Å². The Kier molecular flexibility index (Phi) is 6.77. The summed E-state index contributed by atoms with van der Waals surface area (Å²) >= 11 is 0. The van der Waals surface area contributed by atoms with Crippen molar-refractivity contribution >= 4 is 5.91 Å². The molecule has 1 aromatic rings. The van der Waals surface area contributed by atoms with Gasteiger partial charge < -0.3 is 10.1 Å². The largest absolute Gasteiger partial charge is 0.481 e. The quantitative estimate of drug-likeness (QED) is 0.781. The number of rotatable bonds is 7. The molecule has 0 aliphatic carbocycles. The third-order valence-corrected chi connectivity index (χ3v) is 3.17. The van der Waals surface area contributed by atoms with Crippen LogP contribution in [0.1, 0.15) is 26.3 Å². The summed E-state index contributed by atoms with van der Waals surface area (Å²) in [5.74, 6) is 3.24. The summed E-state index contributed by atoms with van der Waals surface area (Å²) in [6, 6.07) is 7.65. The second-order valence-electron chi connectivity index (χ2n) is 5.35. The first-order valence-electron chi connectivity index (χ1n) is 7.10. The molecule has 0 unspecified atom stereocenters. The molecule has 114 valence electrons. The average Bonchev–Trinajstić information content (AvgIpc) is 2.44. The first-order valence-corrected chi connectivity index (χ1v) is 7.10. The van der Waals surface area contributed by atoms with Crippen molar-refractivity contribution < 1.29 is 9.53 Å². The zero-order valence-electron chi connectivity index (χ0n) is 13.2. The maximum absolute atomic E-state index is 12.0. The van der Waals surface area contributed by atoms with Gasteiger partial charge in [-0.3, -0.25) is 9.69 Å². The number of likely N-dealkylation sites (N-methyl/N-ethyl adjacent to an activating group) is 1. The number of carbonyl (C=O) groups excluding carboxylic acids is 1. The monoisotopic (exact) mass is 288 g/mol. The van der Waals surface area contributed by atoms with Gasteiger partial charge in [-0.2, -0.15) is 0 Å². The van der Waals surface area contributed by atoms with Crippen molar-refractivity contribution in [1.82, 2.24) is 10.2 Å². The van der Waals surface area contributed by atoms with Gasteiger partial charge in [-0.05, 0) is 33.9 Å². The Bertz CT molecular complexity index is 506. The molecule has 0 aliphatic rings. The van der Waals surface area contributed by atoms with Gasteiger partial charge >= 0.3 is 0 Å².